The van der Waals surface area contributed by atoms with Crippen LogP contribution in [0, 0.1) is 0 Å². The molecule has 0 heterocycles. The van der Waals surface area contributed by atoms with E-state index in [1.54, 1.807) is 12.1 Å². The van der Waals surface area contributed by atoms with Crippen LogP contribution in [0.3, 0.4) is 0 Å². The Morgan fingerprint density at radius 2 is 2.00 bits per heavy atom. The van der Waals surface area contributed by atoms with Crippen LogP contribution in [0.5, 0.6) is 5.75 Å². The molecule has 0 spiro atoms. The number of methoxy groups -OCH3 is 1. The third-order valence-corrected chi connectivity index (χ3v) is 1.94. The van der Waals surface area contributed by atoms with E-state index in [0.717, 1.165) is 0 Å². The van der Waals surface area contributed by atoms with E-state index in [4.69, 9.17) is 39.4 Å². The first-order valence-corrected chi connectivity index (χ1v) is 4.43. The normalized spacial score (nSPS) is 9.64. The number of benzene rings is 1. The van der Waals surface area contributed by atoms with Gasteiger partial charge in [-0.1, -0.05) is 23.2 Å². The second-order valence-corrected chi connectivity index (χ2v) is 3.32. The lowest BCUT2D eigenvalue weighted by atomic mass is 10.3. The lowest BCUT2D eigenvalue weighted by Crippen LogP contribution is -2.21. The van der Waals surface area contributed by atoms with Crippen LogP contribution in [0.25, 0.3) is 0 Å². The van der Waals surface area contributed by atoms with Gasteiger partial charge in [0.05, 0.1) is 12.1 Å². The van der Waals surface area contributed by atoms with Crippen LogP contribution in [-0.2, 0) is 0 Å². The summed E-state index contributed by atoms with van der Waals surface area (Å²) in [6.07, 6.45) is 0. The standard InChI is InChI=1S/C8H9Cl2N3O/c1-14-7-5(10)2-4(9)3-6(7)13-8(11)12/h2-3H,1H3,(H4,11,12,13). The van der Waals surface area contributed by atoms with Gasteiger partial charge in [-0.25, -0.2) is 4.99 Å². The van der Waals surface area contributed by atoms with Crippen molar-refractivity contribution in [2.45, 2.75) is 0 Å². The van der Waals surface area contributed by atoms with Gasteiger partial charge in [-0.3, -0.25) is 0 Å². The highest BCUT2D eigenvalue weighted by Crippen LogP contribution is 2.37. The van der Waals surface area contributed by atoms with Gasteiger partial charge in [0, 0.05) is 5.02 Å². The van der Waals surface area contributed by atoms with E-state index in [1.165, 1.54) is 7.11 Å². The summed E-state index contributed by atoms with van der Waals surface area (Å²) in [6, 6.07) is 3.11. The van der Waals surface area contributed by atoms with Gasteiger partial charge in [0.15, 0.2) is 11.7 Å². The van der Waals surface area contributed by atoms with Crippen LogP contribution in [0.2, 0.25) is 10.0 Å². The van der Waals surface area contributed by atoms with Gasteiger partial charge in [-0.15, -0.1) is 0 Å². The Labute approximate surface area is 91.5 Å². The Kier molecular flexibility index (Phi) is 3.43. The van der Waals surface area contributed by atoms with Crippen molar-refractivity contribution in [3.8, 4) is 5.75 Å². The molecule has 0 bridgehead atoms. The maximum absolute atomic E-state index is 5.86. The first-order chi connectivity index (χ1) is 6.54. The molecule has 0 aromatic heterocycles. The minimum absolute atomic E-state index is 0.0818. The molecule has 0 saturated heterocycles. The zero-order valence-corrected chi connectivity index (χ0v) is 8.93. The lowest BCUT2D eigenvalue weighted by molar-refractivity contribution is 0.416. The Morgan fingerprint density at radius 3 is 2.50 bits per heavy atom. The molecule has 0 saturated carbocycles. The van der Waals surface area contributed by atoms with Crippen LogP contribution in [0.15, 0.2) is 17.1 Å². The van der Waals surface area contributed by atoms with Gasteiger partial charge in [-0.2, -0.15) is 0 Å². The quantitative estimate of drug-likeness (QED) is 0.606. The monoisotopic (exact) mass is 233 g/mol. The summed E-state index contributed by atoms with van der Waals surface area (Å²) in [5.74, 6) is 0.311. The van der Waals surface area contributed by atoms with E-state index in [2.05, 4.69) is 4.99 Å². The summed E-state index contributed by atoms with van der Waals surface area (Å²) in [4.78, 5) is 3.83. The highest BCUT2D eigenvalue weighted by molar-refractivity contribution is 6.36. The largest absolute Gasteiger partial charge is 0.493 e. The molecule has 0 amide bonds. The molecular formula is C8H9Cl2N3O. The number of hydrogen-bond donors (Lipinski definition) is 2. The zero-order valence-electron chi connectivity index (χ0n) is 7.42. The maximum Gasteiger partial charge on any atom is 0.191 e. The van der Waals surface area contributed by atoms with Crippen LogP contribution in [0.1, 0.15) is 0 Å². The Morgan fingerprint density at radius 1 is 1.36 bits per heavy atom. The number of nitrogens with zero attached hydrogens (tertiary/aromatic N) is 1. The van der Waals surface area contributed by atoms with Crippen molar-refractivity contribution < 1.29 is 4.74 Å². The number of nitrogens with two attached hydrogens (primary N) is 2. The SMILES string of the molecule is COc1c(Cl)cc(Cl)cc1N=C(N)N. The molecule has 0 aliphatic rings. The van der Waals surface area contributed by atoms with Crippen LogP contribution in [-0.4, -0.2) is 13.1 Å². The van der Waals surface area contributed by atoms with E-state index in [0.29, 0.717) is 21.5 Å². The van der Waals surface area contributed by atoms with Gasteiger partial charge < -0.3 is 16.2 Å². The second-order valence-electron chi connectivity index (χ2n) is 2.48. The van der Waals surface area contributed by atoms with Crippen molar-refractivity contribution in [3.63, 3.8) is 0 Å². The molecule has 0 aliphatic carbocycles. The molecule has 0 fully saturated rings. The van der Waals surface area contributed by atoms with Gasteiger partial charge in [0.2, 0.25) is 0 Å². The molecule has 4 nitrogen and oxygen atoms in total. The van der Waals surface area contributed by atoms with E-state index >= 15 is 0 Å². The van der Waals surface area contributed by atoms with Crippen molar-refractivity contribution in [1.29, 1.82) is 0 Å². The van der Waals surface area contributed by atoms with Crippen molar-refractivity contribution in [1.82, 2.24) is 0 Å². The van der Waals surface area contributed by atoms with Crippen molar-refractivity contribution >= 4 is 34.8 Å². The fraction of sp³-hybridized carbons (Fsp3) is 0.125. The van der Waals surface area contributed by atoms with Gasteiger partial charge in [0.25, 0.3) is 0 Å². The first-order valence-electron chi connectivity index (χ1n) is 3.67. The van der Waals surface area contributed by atoms with Crippen molar-refractivity contribution in [2.75, 3.05) is 7.11 Å². The second kappa shape index (κ2) is 4.39. The zero-order chi connectivity index (χ0) is 10.7. The first kappa shape index (κ1) is 10.9. The summed E-state index contributed by atoms with van der Waals surface area (Å²) in [5.41, 5.74) is 10.9. The minimum atomic E-state index is -0.0818. The fourth-order valence-corrected chi connectivity index (χ4v) is 1.53. The van der Waals surface area contributed by atoms with Crippen LogP contribution >= 0.6 is 23.2 Å². The average Bonchev–Trinajstić information content (AvgIpc) is 2.01. The molecule has 0 aliphatic heterocycles. The Bertz CT molecular complexity index is 375. The van der Waals surface area contributed by atoms with E-state index in [9.17, 15) is 0 Å². The molecule has 14 heavy (non-hydrogen) atoms. The maximum atomic E-state index is 5.86. The Balaban J connectivity index is 3.32. The molecule has 6 heteroatoms. The molecule has 1 aromatic carbocycles. The number of halogens is 2. The third kappa shape index (κ3) is 2.43. The Hall–Kier alpha value is -1.13. The fourth-order valence-electron chi connectivity index (χ4n) is 0.971. The molecular weight excluding hydrogens is 225 g/mol. The number of rotatable bonds is 2. The molecule has 1 aromatic rings. The van der Waals surface area contributed by atoms with E-state index in [-0.39, 0.29) is 5.96 Å². The molecule has 0 unspecified atom stereocenters. The molecule has 1 rings (SSSR count). The molecule has 4 N–H and O–H groups in total. The minimum Gasteiger partial charge on any atom is -0.493 e. The summed E-state index contributed by atoms with van der Waals surface area (Å²) in [6.45, 7) is 0. The predicted octanol–water partition coefficient (Wildman–Crippen LogP) is 1.91. The average molecular weight is 234 g/mol. The van der Waals surface area contributed by atoms with Crippen molar-refractivity contribution in [3.05, 3.63) is 22.2 Å². The number of aliphatic imine (C=N–C) groups is 1. The van der Waals surface area contributed by atoms with E-state index < -0.39 is 0 Å². The van der Waals surface area contributed by atoms with Gasteiger partial charge in [0.1, 0.15) is 5.69 Å². The van der Waals surface area contributed by atoms with E-state index in [1.807, 2.05) is 0 Å². The third-order valence-electron chi connectivity index (χ3n) is 1.44. The molecule has 0 atom stereocenters. The highest BCUT2D eigenvalue weighted by atomic mass is 35.5. The molecule has 76 valence electrons. The van der Waals surface area contributed by atoms with Crippen LogP contribution < -0.4 is 16.2 Å². The molecule has 0 radical (unpaired) electrons. The predicted molar refractivity (Wildman–Crippen MR) is 58.5 cm³/mol. The number of ether oxygens (including phenoxy) is 1. The smallest absolute Gasteiger partial charge is 0.191 e. The summed E-state index contributed by atoms with van der Waals surface area (Å²) in [5, 5.41) is 0.802. The summed E-state index contributed by atoms with van der Waals surface area (Å²) >= 11 is 11.6. The van der Waals surface area contributed by atoms with Crippen molar-refractivity contribution in [2.24, 2.45) is 16.5 Å². The highest BCUT2D eigenvalue weighted by Gasteiger charge is 2.08. The lowest BCUT2D eigenvalue weighted by Gasteiger charge is -2.07. The van der Waals surface area contributed by atoms with Crippen LogP contribution in [0.4, 0.5) is 5.69 Å². The summed E-state index contributed by atoms with van der Waals surface area (Å²) in [7, 11) is 1.47. The number of guanidine groups is 1. The topological polar surface area (TPSA) is 73.6 Å². The number of hydrogen-bond acceptors (Lipinski definition) is 2. The summed E-state index contributed by atoms with van der Waals surface area (Å²) < 4.78 is 5.02. The van der Waals surface area contributed by atoms with Gasteiger partial charge in [-0.05, 0) is 12.1 Å². The van der Waals surface area contributed by atoms with Gasteiger partial charge >= 0.3 is 0 Å².